The van der Waals surface area contributed by atoms with E-state index in [2.05, 4.69) is 45.1 Å². The molecule has 0 saturated heterocycles. The summed E-state index contributed by atoms with van der Waals surface area (Å²) in [5.41, 5.74) is 5.00. The van der Waals surface area contributed by atoms with Crippen LogP contribution in [-0.4, -0.2) is 9.97 Å². The fraction of sp³-hybridized carbons (Fsp3) is 0.286. The van der Waals surface area contributed by atoms with Crippen molar-refractivity contribution in [1.82, 2.24) is 9.97 Å². The van der Waals surface area contributed by atoms with Gasteiger partial charge >= 0.3 is 0 Å². The lowest BCUT2D eigenvalue weighted by molar-refractivity contribution is 1.05. The molecule has 0 aliphatic heterocycles. The van der Waals surface area contributed by atoms with Gasteiger partial charge in [0.1, 0.15) is 0 Å². The third-order valence-corrected chi connectivity index (χ3v) is 4.48. The van der Waals surface area contributed by atoms with Gasteiger partial charge in [0.15, 0.2) is 11.0 Å². The Morgan fingerprint density at radius 1 is 1.00 bits per heavy atom. The molecule has 0 radical (unpaired) electrons. The maximum atomic E-state index is 6.12. The topological polar surface area (TPSA) is 37.8 Å². The summed E-state index contributed by atoms with van der Waals surface area (Å²) < 4.78 is 1.12. The normalized spacial score (nSPS) is 10.6. The van der Waals surface area contributed by atoms with Crippen molar-refractivity contribution in [2.45, 2.75) is 27.7 Å². The number of halogens is 2. The zero-order valence-corrected chi connectivity index (χ0v) is 13.6. The zero-order valence-electron chi connectivity index (χ0n) is 11.3. The third kappa shape index (κ3) is 3.07. The minimum atomic E-state index is 0.390. The Balaban J connectivity index is 2.39. The molecule has 0 spiro atoms. The molecule has 0 bridgehead atoms. The summed E-state index contributed by atoms with van der Waals surface area (Å²) in [5, 5.41) is 3.61. The Morgan fingerprint density at radius 3 is 2.11 bits per heavy atom. The van der Waals surface area contributed by atoms with E-state index in [0.29, 0.717) is 11.0 Å². The number of nitrogens with one attached hydrogen (secondary N) is 1. The summed E-state index contributed by atoms with van der Waals surface area (Å²) in [7, 11) is 0. The molecule has 1 N–H and O–H groups in total. The monoisotopic (exact) mass is 339 g/mol. The van der Waals surface area contributed by atoms with E-state index in [4.69, 9.17) is 11.6 Å². The number of nitrogens with zero attached hydrogens (tertiary/aromatic N) is 2. The summed E-state index contributed by atoms with van der Waals surface area (Å²) >= 11 is 9.67. The minimum absolute atomic E-state index is 0.390. The molecule has 0 aliphatic rings. The van der Waals surface area contributed by atoms with Crippen molar-refractivity contribution in [3.8, 4) is 0 Å². The van der Waals surface area contributed by atoms with Gasteiger partial charge < -0.3 is 5.32 Å². The molecule has 0 unspecified atom stereocenters. The number of rotatable bonds is 2. The molecule has 100 valence electrons. The van der Waals surface area contributed by atoms with Crippen LogP contribution in [0.1, 0.15) is 22.5 Å². The van der Waals surface area contributed by atoms with Crippen molar-refractivity contribution in [3.63, 3.8) is 0 Å². The van der Waals surface area contributed by atoms with Crippen LogP contribution in [0.5, 0.6) is 0 Å². The van der Waals surface area contributed by atoms with Gasteiger partial charge in [-0.1, -0.05) is 27.5 Å². The highest BCUT2D eigenvalue weighted by atomic mass is 79.9. The van der Waals surface area contributed by atoms with Crippen LogP contribution in [0.3, 0.4) is 0 Å². The largest absolute Gasteiger partial charge is 0.338 e. The molecule has 1 heterocycles. The van der Waals surface area contributed by atoms with Crippen molar-refractivity contribution >= 4 is 39.0 Å². The van der Waals surface area contributed by atoms with Crippen LogP contribution in [0.4, 0.5) is 11.5 Å². The molecule has 2 rings (SSSR count). The first-order chi connectivity index (χ1) is 8.88. The molecule has 0 saturated carbocycles. The average molecular weight is 341 g/mol. The molecule has 19 heavy (non-hydrogen) atoms. The van der Waals surface area contributed by atoms with Crippen molar-refractivity contribution in [2.24, 2.45) is 0 Å². The van der Waals surface area contributed by atoms with E-state index in [9.17, 15) is 0 Å². The highest BCUT2D eigenvalue weighted by molar-refractivity contribution is 9.10. The molecule has 1 aromatic carbocycles. The number of anilines is 2. The highest BCUT2D eigenvalue weighted by Crippen LogP contribution is 2.28. The van der Waals surface area contributed by atoms with Gasteiger partial charge in [0.2, 0.25) is 0 Å². The van der Waals surface area contributed by atoms with Gasteiger partial charge in [-0.05, 0) is 51.0 Å². The van der Waals surface area contributed by atoms with Gasteiger partial charge in [0, 0.05) is 10.2 Å². The molecule has 2 aromatic rings. The Bertz CT molecular complexity index is 618. The number of benzene rings is 1. The molecular formula is C14H15BrClN3. The van der Waals surface area contributed by atoms with Crippen molar-refractivity contribution in [2.75, 3.05) is 5.32 Å². The molecule has 0 fully saturated rings. The number of hydrogen-bond donors (Lipinski definition) is 1. The van der Waals surface area contributed by atoms with Crippen LogP contribution in [0.25, 0.3) is 0 Å². The minimum Gasteiger partial charge on any atom is -0.338 e. The Labute approximate surface area is 126 Å². The fourth-order valence-corrected chi connectivity index (χ4v) is 2.26. The average Bonchev–Trinajstić information content (AvgIpc) is 2.33. The molecular weight excluding hydrogens is 326 g/mol. The van der Waals surface area contributed by atoms with E-state index in [1.54, 1.807) is 0 Å². The van der Waals surface area contributed by atoms with Crippen molar-refractivity contribution in [3.05, 3.63) is 44.3 Å². The highest BCUT2D eigenvalue weighted by Gasteiger charge is 2.09. The lowest BCUT2D eigenvalue weighted by atomic mass is 10.1. The Morgan fingerprint density at radius 2 is 1.53 bits per heavy atom. The van der Waals surface area contributed by atoms with Crippen LogP contribution in [0.15, 0.2) is 16.6 Å². The van der Waals surface area contributed by atoms with Crippen LogP contribution in [0, 0.1) is 27.7 Å². The predicted octanol–water partition coefficient (Wildman–Crippen LogP) is 4.87. The van der Waals surface area contributed by atoms with E-state index in [1.807, 2.05) is 26.0 Å². The second-order valence-corrected chi connectivity index (χ2v) is 5.73. The maximum absolute atomic E-state index is 6.12. The molecule has 3 nitrogen and oxygen atoms in total. The van der Waals surface area contributed by atoms with E-state index < -0.39 is 0 Å². The standard InChI is InChI=1S/C14H15BrClN3/c1-7-5-11(6-8(2)12(7)15)19-14-13(16)17-9(3)10(4)18-14/h5-6H,1-4H3,(H,18,19). The summed E-state index contributed by atoms with van der Waals surface area (Å²) in [5.74, 6) is 0.589. The first kappa shape index (κ1) is 14.3. The zero-order chi connectivity index (χ0) is 14.2. The van der Waals surface area contributed by atoms with Gasteiger partial charge in [-0.25, -0.2) is 9.97 Å². The molecule has 1 aromatic heterocycles. The van der Waals surface area contributed by atoms with Gasteiger partial charge in [-0.3, -0.25) is 0 Å². The second kappa shape index (κ2) is 5.47. The SMILES string of the molecule is Cc1cc(Nc2nc(C)c(C)nc2Cl)cc(C)c1Br. The first-order valence-corrected chi connectivity index (χ1v) is 7.10. The molecule has 0 amide bonds. The first-order valence-electron chi connectivity index (χ1n) is 5.93. The summed E-state index contributed by atoms with van der Waals surface area (Å²) in [6, 6.07) is 4.09. The smallest absolute Gasteiger partial charge is 0.172 e. The lowest BCUT2D eigenvalue weighted by Gasteiger charge is -2.12. The van der Waals surface area contributed by atoms with Gasteiger partial charge in [-0.2, -0.15) is 0 Å². The van der Waals surface area contributed by atoms with Crippen molar-refractivity contribution in [1.29, 1.82) is 0 Å². The van der Waals surface area contributed by atoms with E-state index in [0.717, 1.165) is 32.7 Å². The van der Waals surface area contributed by atoms with Gasteiger partial charge in [0.25, 0.3) is 0 Å². The molecule has 0 aliphatic carbocycles. The van der Waals surface area contributed by atoms with Crippen molar-refractivity contribution < 1.29 is 0 Å². The van der Waals surface area contributed by atoms with Crippen LogP contribution < -0.4 is 5.32 Å². The van der Waals surface area contributed by atoms with E-state index >= 15 is 0 Å². The number of hydrogen-bond acceptors (Lipinski definition) is 3. The predicted molar refractivity (Wildman–Crippen MR) is 83.4 cm³/mol. The van der Waals surface area contributed by atoms with E-state index in [-0.39, 0.29) is 0 Å². The summed E-state index contributed by atoms with van der Waals surface area (Å²) in [4.78, 5) is 8.69. The third-order valence-electron chi connectivity index (χ3n) is 2.96. The second-order valence-electron chi connectivity index (χ2n) is 4.58. The Kier molecular flexibility index (Phi) is 4.11. The number of aryl methyl sites for hydroxylation is 4. The lowest BCUT2D eigenvalue weighted by Crippen LogP contribution is -2.01. The van der Waals surface area contributed by atoms with Gasteiger partial charge in [-0.15, -0.1) is 0 Å². The number of aromatic nitrogens is 2. The quantitative estimate of drug-likeness (QED) is 0.847. The maximum Gasteiger partial charge on any atom is 0.172 e. The van der Waals surface area contributed by atoms with E-state index in [1.165, 1.54) is 0 Å². The molecule has 5 heteroatoms. The van der Waals surface area contributed by atoms with Crippen LogP contribution in [-0.2, 0) is 0 Å². The van der Waals surface area contributed by atoms with Gasteiger partial charge in [0.05, 0.1) is 11.4 Å². The fourth-order valence-electron chi connectivity index (χ4n) is 1.81. The summed E-state index contributed by atoms with van der Waals surface area (Å²) in [6.07, 6.45) is 0. The summed E-state index contributed by atoms with van der Waals surface area (Å²) in [6.45, 7) is 7.92. The molecule has 0 atom stereocenters. The van der Waals surface area contributed by atoms with Crippen LogP contribution >= 0.6 is 27.5 Å². The Hall–Kier alpha value is -1.13. The van der Waals surface area contributed by atoms with Crippen LogP contribution in [0.2, 0.25) is 5.15 Å².